The van der Waals surface area contributed by atoms with Gasteiger partial charge in [-0.05, 0) is 31.9 Å². The Morgan fingerprint density at radius 1 is 1.20 bits per heavy atom. The average Bonchev–Trinajstić information content (AvgIpc) is 2.95. The summed E-state index contributed by atoms with van der Waals surface area (Å²) in [4.78, 5) is 37.2. The molecule has 3 rings (SSSR count). The van der Waals surface area contributed by atoms with Crippen molar-refractivity contribution in [2.45, 2.75) is 32.2 Å². The topological polar surface area (TPSA) is 74.7 Å². The van der Waals surface area contributed by atoms with E-state index in [0.717, 1.165) is 16.9 Å². The Bertz CT molecular complexity index is 622. The van der Waals surface area contributed by atoms with E-state index < -0.39 is 17.9 Å². The van der Waals surface area contributed by atoms with Gasteiger partial charge < -0.3 is 5.11 Å². The van der Waals surface area contributed by atoms with Crippen LogP contribution in [-0.2, 0) is 4.79 Å². The van der Waals surface area contributed by atoms with E-state index in [0.29, 0.717) is 24.0 Å². The molecule has 2 atom stereocenters. The van der Waals surface area contributed by atoms with Crippen molar-refractivity contribution < 1.29 is 19.5 Å². The standard InChI is InChI=1S/C15H15NO4/c1-8-5-6-9-11(7-8)14(18)16(13(9)17)12-4-2-3-10(12)15(19)20/h5-7,10,12H,2-4H2,1H3,(H,19,20). The first kappa shape index (κ1) is 12.8. The van der Waals surface area contributed by atoms with E-state index >= 15 is 0 Å². The molecule has 0 radical (unpaired) electrons. The van der Waals surface area contributed by atoms with Crippen LogP contribution in [0.1, 0.15) is 45.5 Å². The maximum atomic E-state index is 12.4. The summed E-state index contributed by atoms with van der Waals surface area (Å²) in [5.74, 6) is -2.28. The van der Waals surface area contributed by atoms with E-state index in [-0.39, 0.29) is 11.8 Å². The number of nitrogens with zero attached hydrogens (tertiary/aromatic N) is 1. The minimum atomic E-state index is -0.930. The number of imide groups is 1. The lowest BCUT2D eigenvalue weighted by atomic mass is 10.0. The molecule has 104 valence electrons. The van der Waals surface area contributed by atoms with Crippen LogP contribution in [0.5, 0.6) is 0 Å². The normalized spacial score (nSPS) is 25.1. The van der Waals surface area contributed by atoms with Crippen molar-refractivity contribution in [2.24, 2.45) is 5.92 Å². The van der Waals surface area contributed by atoms with E-state index in [2.05, 4.69) is 0 Å². The third kappa shape index (κ3) is 1.73. The number of aliphatic carboxylic acids is 1. The minimum Gasteiger partial charge on any atom is -0.481 e. The Morgan fingerprint density at radius 3 is 2.60 bits per heavy atom. The lowest BCUT2D eigenvalue weighted by molar-refractivity contribution is -0.142. The zero-order chi connectivity index (χ0) is 14.4. The monoisotopic (exact) mass is 273 g/mol. The molecule has 0 aromatic heterocycles. The molecule has 2 unspecified atom stereocenters. The fourth-order valence-corrected chi connectivity index (χ4v) is 3.21. The zero-order valence-corrected chi connectivity index (χ0v) is 11.1. The first-order valence-corrected chi connectivity index (χ1v) is 6.72. The quantitative estimate of drug-likeness (QED) is 0.834. The Morgan fingerprint density at radius 2 is 1.90 bits per heavy atom. The van der Waals surface area contributed by atoms with Crippen molar-refractivity contribution >= 4 is 17.8 Å². The molecule has 1 aromatic carbocycles. The Balaban J connectivity index is 1.99. The molecule has 1 saturated carbocycles. The van der Waals surface area contributed by atoms with Crippen LogP contribution < -0.4 is 0 Å². The molecule has 1 heterocycles. The summed E-state index contributed by atoms with van der Waals surface area (Å²) in [6, 6.07) is 4.62. The van der Waals surface area contributed by atoms with Crippen LogP contribution in [0, 0.1) is 12.8 Å². The van der Waals surface area contributed by atoms with E-state index in [1.165, 1.54) is 0 Å². The van der Waals surface area contributed by atoms with Crippen LogP contribution in [0.15, 0.2) is 18.2 Å². The SMILES string of the molecule is Cc1ccc2c(c1)C(=O)N(C1CCCC1C(=O)O)C2=O. The number of hydrogen-bond donors (Lipinski definition) is 1. The lowest BCUT2D eigenvalue weighted by Gasteiger charge is -2.25. The van der Waals surface area contributed by atoms with Gasteiger partial charge in [0.1, 0.15) is 0 Å². The van der Waals surface area contributed by atoms with Gasteiger partial charge >= 0.3 is 5.97 Å². The van der Waals surface area contributed by atoms with E-state index in [9.17, 15) is 19.5 Å². The third-order valence-corrected chi connectivity index (χ3v) is 4.20. The molecule has 1 aliphatic heterocycles. The van der Waals surface area contributed by atoms with Crippen LogP contribution >= 0.6 is 0 Å². The highest BCUT2D eigenvalue weighted by molar-refractivity contribution is 6.21. The largest absolute Gasteiger partial charge is 0.481 e. The summed E-state index contributed by atoms with van der Waals surface area (Å²) in [6.07, 6.45) is 1.82. The van der Waals surface area contributed by atoms with Crippen molar-refractivity contribution in [3.05, 3.63) is 34.9 Å². The molecule has 20 heavy (non-hydrogen) atoms. The van der Waals surface area contributed by atoms with Gasteiger partial charge in [0.05, 0.1) is 23.1 Å². The van der Waals surface area contributed by atoms with Crippen LogP contribution in [0.25, 0.3) is 0 Å². The zero-order valence-electron chi connectivity index (χ0n) is 11.1. The van der Waals surface area contributed by atoms with Crippen molar-refractivity contribution in [2.75, 3.05) is 0 Å². The molecule has 1 aliphatic carbocycles. The summed E-state index contributed by atoms with van der Waals surface area (Å²) in [7, 11) is 0. The second-order valence-electron chi connectivity index (χ2n) is 5.47. The number of amides is 2. The van der Waals surface area contributed by atoms with Crippen LogP contribution in [0.3, 0.4) is 0 Å². The van der Waals surface area contributed by atoms with Crippen LogP contribution in [0.4, 0.5) is 0 Å². The lowest BCUT2D eigenvalue weighted by Crippen LogP contribution is -2.44. The summed E-state index contributed by atoms with van der Waals surface area (Å²) < 4.78 is 0. The number of hydrogen-bond acceptors (Lipinski definition) is 3. The van der Waals surface area contributed by atoms with Gasteiger partial charge in [-0.15, -0.1) is 0 Å². The molecular weight excluding hydrogens is 258 g/mol. The number of carboxylic acids is 1. The van der Waals surface area contributed by atoms with Gasteiger partial charge in [0.2, 0.25) is 0 Å². The first-order valence-electron chi connectivity index (χ1n) is 6.72. The molecule has 0 spiro atoms. The summed E-state index contributed by atoms with van der Waals surface area (Å²) in [5, 5.41) is 9.23. The fourth-order valence-electron chi connectivity index (χ4n) is 3.21. The summed E-state index contributed by atoms with van der Waals surface area (Å²) in [5.41, 5.74) is 1.69. The molecule has 2 aliphatic rings. The van der Waals surface area contributed by atoms with Gasteiger partial charge in [-0.25, -0.2) is 0 Å². The van der Waals surface area contributed by atoms with Gasteiger partial charge in [-0.1, -0.05) is 18.1 Å². The number of carboxylic acid groups (broad SMARTS) is 1. The van der Waals surface area contributed by atoms with Gasteiger partial charge in [0.25, 0.3) is 11.8 Å². The van der Waals surface area contributed by atoms with Crippen molar-refractivity contribution in [3.63, 3.8) is 0 Å². The van der Waals surface area contributed by atoms with E-state index in [4.69, 9.17) is 0 Å². The van der Waals surface area contributed by atoms with E-state index in [1.807, 2.05) is 6.92 Å². The number of aryl methyl sites for hydroxylation is 1. The van der Waals surface area contributed by atoms with Gasteiger partial charge in [0, 0.05) is 0 Å². The molecule has 5 heteroatoms. The number of carbonyl (C=O) groups is 3. The number of benzene rings is 1. The maximum absolute atomic E-state index is 12.4. The maximum Gasteiger partial charge on any atom is 0.308 e. The molecule has 0 saturated heterocycles. The predicted octanol–water partition coefficient (Wildman–Crippen LogP) is 1.84. The van der Waals surface area contributed by atoms with Crippen LogP contribution in [0.2, 0.25) is 0 Å². The molecular formula is C15H15NO4. The molecule has 2 amide bonds. The Labute approximate surface area is 116 Å². The Kier molecular flexibility index (Phi) is 2.85. The smallest absolute Gasteiger partial charge is 0.308 e. The summed E-state index contributed by atoms with van der Waals surface area (Å²) in [6.45, 7) is 1.86. The first-order chi connectivity index (χ1) is 9.50. The number of rotatable bonds is 2. The molecule has 0 bridgehead atoms. The highest BCUT2D eigenvalue weighted by atomic mass is 16.4. The Hall–Kier alpha value is -2.17. The average molecular weight is 273 g/mol. The van der Waals surface area contributed by atoms with Crippen molar-refractivity contribution in [1.82, 2.24) is 4.90 Å². The molecule has 1 aromatic rings. The van der Waals surface area contributed by atoms with Gasteiger partial charge in [0.15, 0.2) is 0 Å². The molecule has 5 nitrogen and oxygen atoms in total. The second-order valence-corrected chi connectivity index (χ2v) is 5.47. The fraction of sp³-hybridized carbons (Fsp3) is 0.400. The second kappa shape index (κ2) is 4.44. The highest BCUT2D eigenvalue weighted by Gasteiger charge is 2.46. The predicted molar refractivity (Wildman–Crippen MR) is 70.4 cm³/mol. The molecule has 1 N–H and O–H groups in total. The van der Waals surface area contributed by atoms with Crippen LogP contribution in [-0.4, -0.2) is 33.8 Å². The van der Waals surface area contributed by atoms with Gasteiger partial charge in [-0.2, -0.15) is 0 Å². The van der Waals surface area contributed by atoms with E-state index in [1.54, 1.807) is 18.2 Å². The van der Waals surface area contributed by atoms with Crippen molar-refractivity contribution in [1.29, 1.82) is 0 Å². The highest BCUT2D eigenvalue weighted by Crippen LogP contribution is 2.35. The number of carbonyl (C=O) groups excluding carboxylic acids is 2. The third-order valence-electron chi connectivity index (χ3n) is 4.20. The number of fused-ring (bicyclic) bond motifs is 1. The van der Waals surface area contributed by atoms with Crippen molar-refractivity contribution in [3.8, 4) is 0 Å². The molecule has 1 fully saturated rings. The van der Waals surface area contributed by atoms with Gasteiger partial charge in [-0.3, -0.25) is 19.3 Å². The minimum absolute atomic E-state index is 0.355. The summed E-state index contributed by atoms with van der Waals surface area (Å²) >= 11 is 0.